The molecule has 2 amide bonds. The number of hydrogen-bond donors (Lipinski definition) is 3. The molecule has 1 saturated carbocycles. The third kappa shape index (κ3) is 3.90. The molecular weight excluding hydrogens is 314 g/mol. The minimum Gasteiger partial charge on any atom is -0.497 e. The quantitative estimate of drug-likeness (QED) is 0.772. The van der Waals surface area contributed by atoms with E-state index in [1.165, 1.54) is 12.8 Å². The molecule has 3 rings (SSSR count). The fourth-order valence-corrected chi connectivity index (χ4v) is 3.67. The number of ether oxygens (including phenoxy) is 1. The second-order valence-electron chi connectivity index (χ2n) is 6.48. The van der Waals surface area contributed by atoms with E-state index >= 15 is 0 Å². The lowest BCUT2D eigenvalue weighted by Gasteiger charge is -2.23. The molecule has 2 fully saturated rings. The number of carbonyl (C=O) groups is 1. The first kappa shape index (κ1) is 16.4. The Hall–Kier alpha value is -1.46. The SMILES string of the molecule is COc1ccc(CCNC(=O)NC2CC23CCNCC3)c(Cl)c1. The van der Waals surface area contributed by atoms with Gasteiger partial charge in [-0.05, 0) is 61.9 Å². The van der Waals surface area contributed by atoms with Crippen LogP contribution in [0.4, 0.5) is 4.79 Å². The van der Waals surface area contributed by atoms with Crippen LogP contribution in [0.3, 0.4) is 0 Å². The number of carbonyl (C=O) groups excluding carboxylic acids is 1. The molecule has 3 N–H and O–H groups in total. The molecule has 0 bridgehead atoms. The number of amides is 2. The van der Waals surface area contributed by atoms with E-state index in [1.807, 2.05) is 12.1 Å². The molecule has 1 spiro atoms. The summed E-state index contributed by atoms with van der Waals surface area (Å²) in [7, 11) is 1.62. The largest absolute Gasteiger partial charge is 0.497 e. The van der Waals surface area contributed by atoms with Crippen LogP contribution in [0.1, 0.15) is 24.8 Å². The molecule has 1 saturated heterocycles. The predicted octanol–water partition coefficient (Wildman–Crippen LogP) is 2.33. The van der Waals surface area contributed by atoms with E-state index in [4.69, 9.17) is 16.3 Å². The van der Waals surface area contributed by atoms with Gasteiger partial charge in [0.25, 0.3) is 0 Å². The van der Waals surface area contributed by atoms with Crippen molar-refractivity contribution < 1.29 is 9.53 Å². The number of benzene rings is 1. The van der Waals surface area contributed by atoms with E-state index < -0.39 is 0 Å². The molecule has 1 aromatic rings. The van der Waals surface area contributed by atoms with Crippen LogP contribution in [-0.2, 0) is 6.42 Å². The summed E-state index contributed by atoms with van der Waals surface area (Å²) in [5.41, 5.74) is 1.37. The Kier molecular flexibility index (Phi) is 4.97. The van der Waals surface area contributed by atoms with Gasteiger partial charge in [-0.2, -0.15) is 0 Å². The molecule has 1 atom stereocenters. The first-order valence-corrected chi connectivity index (χ1v) is 8.58. The molecule has 0 aromatic heterocycles. The van der Waals surface area contributed by atoms with E-state index in [2.05, 4.69) is 16.0 Å². The molecule has 1 aromatic carbocycles. The van der Waals surface area contributed by atoms with Crippen LogP contribution >= 0.6 is 11.6 Å². The zero-order valence-electron chi connectivity index (χ0n) is 13.5. The lowest BCUT2D eigenvalue weighted by Crippen LogP contribution is -2.41. The maximum Gasteiger partial charge on any atom is 0.315 e. The monoisotopic (exact) mass is 337 g/mol. The molecule has 1 aliphatic carbocycles. The average molecular weight is 338 g/mol. The van der Waals surface area contributed by atoms with Crippen LogP contribution in [0.5, 0.6) is 5.75 Å². The first-order valence-electron chi connectivity index (χ1n) is 8.20. The van der Waals surface area contributed by atoms with E-state index in [9.17, 15) is 4.79 Å². The van der Waals surface area contributed by atoms with Crippen molar-refractivity contribution in [2.75, 3.05) is 26.7 Å². The fraction of sp³-hybridized carbons (Fsp3) is 0.588. The van der Waals surface area contributed by atoms with Crippen LogP contribution in [0.15, 0.2) is 18.2 Å². The third-order valence-corrected chi connectivity index (χ3v) is 5.39. The molecule has 1 unspecified atom stereocenters. The fourth-order valence-electron chi connectivity index (χ4n) is 3.41. The summed E-state index contributed by atoms with van der Waals surface area (Å²) in [4.78, 5) is 12.0. The molecule has 23 heavy (non-hydrogen) atoms. The van der Waals surface area contributed by atoms with Crippen molar-refractivity contribution in [2.24, 2.45) is 5.41 Å². The standard InChI is InChI=1S/C17H24ClN3O2/c1-23-13-3-2-12(14(18)10-13)4-7-20-16(22)21-15-11-17(15)5-8-19-9-6-17/h2-3,10,15,19H,4-9,11H2,1H3,(H2,20,21,22). The van der Waals surface area contributed by atoms with E-state index in [-0.39, 0.29) is 6.03 Å². The minimum absolute atomic E-state index is 0.0740. The van der Waals surface area contributed by atoms with Gasteiger partial charge in [0.05, 0.1) is 7.11 Å². The van der Waals surface area contributed by atoms with Gasteiger partial charge >= 0.3 is 6.03 Å². The van der Waals surface area contributed by atoms with Crippen LogP contribution in [-0.4, -0.2) is 38.8 Å². The maximum atomic E-state index is 12.0. The van der Waals surface area contributed by atoms with Crippen molar-refractivity contribution in [3.8, 4) is 5.75 Å². The van der Waals surface area contributed by atoms with Gasteiger partial charge in [0.1, 0.15) is 5.75 Å². The van der Waals surface area contributed by atoms with Crippen molar-refractivity contribution in [1.82, 2.24) is 16.0 Å². The normalized spacial score (nSPS) is 21.7. The summed E-state index contributed by atoms with van der Waals surface area (Å²) in [5.74, 6) is 0.741. The predicted molar refractivity (Wildman–Crippen MR) is 91.2 cm³/mol. The number of nitrogens with one attached hydrogen (secondary N) is 3. The molecule has 6 heteroatoms. The van der Waals surface area contributed by atoms with Gasteiger partial charge in [-0.25, -0.2) is 4.79 Å². The smallest absolute Gasteiger partial charge is 0.315 e. The van der Waals surface area contributed by atoms with Crippen molar-refractivity contribution in [3.63, 3.8) is 0 Å². The van der Waals surface area contributed by atoms with Crippen molar-refractivity contribution in [1.29, 1.82) is 0 Å². The second kappa shape index (κ2) is 6.97. The summed E-state index contributed by atoms with van der Waals surface area (Å²) in [6, 6.07) is 5.88. The Morgan fingerprint density at radius 1 is 1.43 bits per heavy atom. The van der Waals surface area contributed by atoms with Gasteiger partial charge in [-0.3, -0.25) is 0 Å². The maximum absolute atomic E-state index is 12.0. The van der Waals surface area contributed by atoms with Crippen molar-refractivity contribution in [3.05, 3.63) is 28.8 Å². The Bertz CT molecular complexity index is 573. The Balaban J connectivity index is 1.40. The Morgan fingerprint density at radius 2 is 2.22 bits per heavy atom. The van der Waals surface area contributed by atoms with Crippen molar-refractivity contribution in [2.45, 2.75) is 31.7 Å². The van der Waals surface area contributed by atoms with Gasteiger partial charge in [0, 0.05) is 17.6 Å². The van der Waals surface area contributed by atoms with Gasteiger partial charge in [-0.15, -0.1) is 0 Å². The average Bonchev–Trinajstić information content (AvgIpc) is 3.20. The number of rotatable bonds is 5. The van der Waals surface area contributed by atoms with Gasteiger partial charge in [0.2, 0.25) is 0 Å². The molecule has 1 heterocycles. The second-order valence-corrected chi connectivity index (χ2v) is 6.88. The number of piperidine rings is 1. The zero-order valence-corrected chi connectivity index (χ0v) is 14.2. The lowest BCUT2D eigenvalue weighted by molar-refractivity contribution is 0.236. The highest BCUT2D eigenvalue weighted by Gasteiger charge is 2.54. The van der Waals surface area contributed by atoms with Crippen LogP contribution < -0.4 is 20.7 Å². The van der Waals surface area contributed by atoms with Crippen LogP contribution in [0, 0.1) is 5.41 Å². The summed E-state index contributed by atoms with van der Waals surface area (Å²) in [6.45, 7) is 2.70. The van der Waals surface area contributed by atoms with E-state index in [1.54, 1.807) is 13.2 Å². The Labute approximate surface area is 142 Å². The molecule has 1 aliphatic heterocycles. The zero-order chi connectivity index (χ0) is 16.3. The number of halogens is 1. The highest BCUT2D eigenvalue weighted by atomic mass is 35.5. The van der Waals surface area contributed by atoms with Crippen molar-refractivity contribution >= 4 is 17.6 Å². The molecule has 0 radical (unpaired) electrons. The third-order valence-electron chi connectivity index (χ3n) is 5.03. The van der Waals surface area contributed by atoms with Crippen LogP contribution in [0.2, 0.25) is 5.02 Å². The number of hydrogen-bond acceptors (Lipinski definition) is 3. The summed E-state index contributed by atoms with van der Waals surface area (Å²) in [5, 5.41) is 10.1. The number of methoxy groups -OCH3 is 1. The molecule has 126 valence electrons. The minimum atomic E-state index is -0.0740. The highest BCUT2D eigenvalue weighted by Crippen LogP contribution is 2.52. The van der Waals surface area contributed by atoms with Crippen LogP contribution in [0.25, 0.3) is 0 Å². The van der Waals surface area contributed by atoms with Gasteiger partial charge in [0.15, 0.2) is 0 Å². The summed E-state index contributed by atoms with van der Waals surface area (Å²) in [6.07, 6.45) is 4.15. The molecular formula is C17H24ClN3O2. The van der Waals surface area contributed by atoms with Gasteiger partial charge < -0.3 is 20.7 Å². The molecule has 2 aliphatic rings. The summed E-state index contributed by atoms with van der Waals surface area (Å²) >= 11 is 6.20. The number of urea groups is 1. The summed E-state index contributed by atoms with van der Waals surface area (Å²) < 4.78 is 5.13. The Morgan fingerprint density at radius 3 is 2.91 bits per heavy atom. The van der Waals surface area contributed by atoms with E-state index in [0.29, 0.717) is 29.4 Å². The molecule has 5 nitrogen and oxygen atoms in total. The van der Waals surface area contributed by atoms with Gasteiger partial charge in [-0.1, -0.05) is 17.7 Å². The first-order chi connectivity index (χ1) is 11.1. The highest BCUT2D eigenvalue weighted by molar-refractivity contribution is 6.31. The lowest BCUT2D eigenvalue weighted by atomic mass is 9.94. The van der Waals surface area contributed by atoms with E-state index in [0.717, 1.165) is 30.8 Å². The topological polar surface area (TPSA) is 62.4 Å².